The van der Waals surface area contributed by atoms with Crippen LogP contribution >= 0.6 is 0 Å². The molecule has 1 rings (SSSR count). The highest BCUT2D eigenvalue weighted by atomic mass is 19.1. The summed E-state index contributed by atoms with van der Waals surface area (Å²) in [6, 6.07) is 5.05. The first kappa shape index (κ1) is 11.0. The van der Waals surface area contributed by atoms with E-state index in [9.17, 15) is 4.39 Å². The third-order valence-electron chi connectivity index (χ3n) is 2.70. The molecule has 78 valence electrons. The molecule has 0 fully saturated rings. The van der Waals surface area contributed by atoms with Crippen LogP contribution in [0.5, 0.6) is 5.75 Å². The fraction of sp³-hybridized carbons (Fsp3) is 0.500. The lowest BCUT2D eigenvalue weighted by Gasteiger charge is -2.17. The molecule has 0 aliphatic rings. The van der Waals surface area contributed by atoms with E-state index in [0.717, 1.165) is 5.56 Å². The molecular weight excluding hydrogens is 179 g/mol. The molecule has 0 radical (unpaired) electrons. The summed E-state index contributed by atoms with van der Waals surface area (Å²) in [7, 11) is 1.54. The van der Waals surface area contributed by atoms with Gasteiger partial charge in [0, 0.05) is 6.07 Å². The quantitative estimate of drug-likeness (QED) is 0.717. The van der Waals surface area contributed by atoms with Gasteiger partial charge in [-0.15, -0.1) is 0 Å². The summed E-state index contributed by atoms with van der Waals surface area (Å²) in [5, 5.41) is 0. The largest absolute Gasteiger partial charge is 0.497 e. The van der Waals surface area contributed by atoms with Crippen molar-refractivity contribution in [3.63, 3.8) is 0 Å². The van der Waals surface area contributed by atoms with Gasteiger partial charge < -0.3 is 4.74 Å². The number of ether oxygens (including phenoxy) is 1. The minimum absolute atomic E-state index is 0.175. The monoisotopic (exact) mass is 196 g/mol. The number of halogens is 1. The van der Waals surface area contributed by atoms with Crippen molar-refractivity contribution in [2.45, 2.75) is 26.7 Å². The van der Waals surface area contributed by atoms with Crippen molar-refractivity contribution >= 4 is 0 Å². The average Bonchev–Trinajstić information content (AvgIpc) is 2.16. The standard InChI is InChI=1S/C12H17FO/c1-8(2)9(3)11-6-5-10(14-4)7-12(11)13/h5-9H,1-4H3. The Balaban J connectivity index is 2.99. The van der Waals surface area contributed by atoms with Crippen LogP contribution in [0.3, 0.4) is 0 Å². The Labute approximate surface area is 84.9 Å². The van der Waals surface area contributed by atoms with E-state index in [-0.39, 0.29) is 11.7 Å². The third-order valence-corrected chi connectivity index (χ3v) is 2.70. The van der Waals surface area contributed by atoms with E-state index in [1.54, 1.807) is 19.2 Å². The van der Waals surface area contributed by atoms with Crippen molar-refractivity contribution in [1.82, 2.24) is 0 Å². The summed E-state index contributed by atoms with van der Waals surface area (Å²) < 4.78 is 18.5. The average molecular weight is 196 g/mol. The van der Waals surface area contributed by atoms with Crippen LogP contribution in [0.2, 0.25) is 0 Å². The van der Waals surface area contributed by atoms with Crippen LogP contribution in [0.25, 0.3) is 0 Å². The molecule has 1 aromatic carbocycles. The van der Waals surface area contributed by atoms with Gasteiger partial charge in [0.25, 0.3) is 0 Å². The Morgan fingerprint density at radius 2 is 1.86 bits per heavy atom. The summed E-state index contributed by atoms with van der Waals surface area (Å²) in [4.78, 5) is 0. The Morgan fingerprint density at radius 1 is 1.21 bits per heavy atom. The van der Waals surface area contributed by atoms with Gasteiger partial charge in [-0.05, 0) is 23.5 Å². The minimum Gasteiger partial charge on any atom is -0.497 e. The lowest BCUT2D eigenvalue weighted by Crippen LogP contribution is -2.04. The van der Waals surface area contributed by atoms with Crippen molar-refractivity contribution < 1.29 is 9.13 Å². The topological polar surface area (TPSA) is 9.23 Å². The van der Waals surface area contributed by atoms with Gasteiger partial charge in [0.15, 0.2) is 0 Å². The lowest BCUT2D eigenvalue weighted by atomic mass is 9.90. The molecule has 0 amide bonds. The van der Waals surface area contributed by atoms with Gasteiger partial charge >= 0.3 is 0 Å². The molecule has 0 saturated heterocycles. The Hall–Kier alpha value is -1.05. The molecule has 14 heavy (non-hydrogen) atoms. The maximum Gasteiger partial charge on any atom is 0.130 e. The summed E-state index contributed by atoms with van der Waals surface area (Å²) >= 11 is 0. The normalized spacial score (nSPS) is 13.0. The van der Waals surface area contributed by atoms with E-state index < -0.39 is 0 Å². The summed E-state index contributed by atoms with van der Waals surface area (Å²) in [6.07, 6.45) is 0. The zero-order valence-corrected chi connectivity index (χ0v) is 9.17. The van der Waals surface area contributed by atoms with Crippen LogP contribution in [0.1, 0.15) is 32.3 Å². The molecular formula is C12H17FO. The molecule has 2 heteroatoms. The first-order valence-corrected chi connectivity index (χ1v) is 4.89. The van der Waals surface area contributed by atoms with Gasteiger partial charge in [-0.25, -0.2) is 4.39 Å². The molecule has 0 heterocycles. The molecule has 1 atom stereocenters. The predicted octanol–water partition coefficient (Wildman–Crippen LogP) is 3.59. The Morgan fingerprint density at radius 3 is 2.29 bits per heavy atom. The zero-order valence-electron chi connectivity index (χ0n) is 9.17. The molecule has 0 aromatic heterocycles. The van der Waals surface area contributed by atoms with Crippen molar-refractivity contribution in [1.29, 1.82) is 0 Å². The van der Waals surface area contributed by atoms with Crippen LogP contribution in [0.15, 0.2) is 18.2 Å². The number of hydrogen-bond acceptors (Lipinski definition) is 1. The van der Waals surface area contributed by atoms with Gasteiger partial charge in [0.05, 0.1) is 7.11 Å². The highest BCUT2D eigenvalue weighted by Gasteiger charge is 2.14. The van der Waals surface area contributed by atoms with Crippen LogP contribution in [-0.2, 0) is 0 Å². The molecule has 1 aromatic rings. The molecule has 1 nitrogen and oxygen atoms in total. The fourth-order valence-electron chi connectivity index (χ4n) is 1.36. The van der Waals surface area contributed by atoms with E-state index in [1.807, 2.05) is 6.92 Å². The number of hydrogen-bond donors (Lipinski definition) is 0. The summed E-state index contributed by atoms with van der Waals surface area (Å²) in [5.74, 6) is 1.08. The maximum atomic E-state index is 13.6. The van der Waals surface area contributed by atoms with Crippen LogP contribution in [0, 0.1) is 11.7 Å². The van der Waals surface area contributed by atoms with Crippen molar-refractivity contribution in [2.75, 3.05) is 7.11 Å². The number of benzene rings is 1. The second-order valence-electron chi connectivity index (χ2n) is 3.92. The lowest BCUT2D eigenvalue weighted by molar-refractivity contribution is 0.409. The molecule has 0 aliphatic heterocycles. The molecule has 0 bridgehead atoms. The van der Waals surface area contributed by atoms with E-state index >= 15 is 0 Å². The highest BCUT2D eigenvalue weighted by Crippen LogP contribution is 2.28. The SMILES string of the molecule is COc1ccc(C(C)C(C)C)c(F)c1. The second kappa shape index (κ2) is 4.45. The first-order chi connectivity index (χ1) is 6.56. The van der Waals surface area contributed by atoms with Crippen LogP contribution < -0.4 is 4.74 Å². The van der Waals surface area contributed by atoms with E-state index in [0.29, 0.717) is 11.7 Å². The number of rotatable bonds is 3. The fourth-order valence-corrected chi connectivity index (χ4v) is 1.36. The minimum atomic E-state index is -0.175. The summed E-state index contributed by atoms with van der Waals surface area (Å²) in [6.45, 7) is 6.22. The molecule has 1 unspecified atom stereocenters. The molecule has 0 N–H and O–H groups in total. The molecule has 0 aliphatic carbocycles. The second-order valence-corrected chi connectivity index (χ2v) is 3.92. The highest BCUT2D eigenvalue weighted by molar-refractivity contribution is 5.31. The van der Waals surface area contributed by atoms with Gasteiger partial charge in [-0.3, -0.25) is 0 Å². The number of methoxy groups -OCH3 is 1. The van der Waals surface area contributed by atoms with Gasteiger partial charge in [-0.2, -0.15) is 0 Å². The van der Waals surface area contributed by atoms with Gasteiger partial charge in [0.1, 0.15) is 11.6 Å². The van der Waals surface area contributed by atoms with E-state index in [1.165, 1.54) is 6.07 Å². The maximum absolute atomic E-state index is 13.6. The van der Waals surface area contributed by atoms with Gasteiger partial charge in [-0.1, -0.05) is 26.8 Å². The van der Waals surface area contributed by atoms with E-state index in [4.69, 9.17) is 4.74 Å². The van der Waals surface area contributed by atoms with Crippen molar-refractivity contribution in [2.24, 2.45) is 5.92 Å². The van der Waals surface area contributed by atoms with Crippen molar-refractivity contribution in [3.05, 3.63) is 29.6 Å². The third kappa shape index (κ3) is 2.25. The predicted molar refractivity (Wildman–Crippen MR) is 56.2 cm³/mol. The van der Waals surface area contributed by atoms with Gasteiger partial charge in [0.2, 0.25) is 0 Å². The van der Waals surface area contributed by atoms with Crippen LogP contribution in [-0.4, -0.2) is 7.11 Å². The Kier molecular flexibility index (Phi) is 3.50. The molecule has 0 saturated carbocycles. The van der Waals surface area contributed by atoms with E-state index in [2.05, 4.69) is 13.8 Å². The molecule has 0 spiro atoms. The summed E-state index contributed by atoms with van der Waals surface area (Å²) in [5.41, 5.74) is 0.765. The Bertz CT molecular complexity index is 307. The van der Waals surface area contributed by atoms with Crippen molar-refractivity contribution in [3.8, 4) is 5.75 Å². The zero-order chi connectivity index (χ0) is 10.7. The smallest absolute Gasteiger partial charge is 0.130 e. The first-order valence-electron chi connectivity index (χ1n) is 4.89. The van der Waals surface area contributed by atoms with Crippen LogP contribution in [0.4, 0.5) is 4.39 Å².